The Kier molecular flexibility index (Phi) is 6.19. The van der Waals surface area contributed by atoms with E-state index in [0.29, 0.717) is 19.0 Å². The van der Waals surface area contributed by atoms with Gasteiger partial charge < -0.3 is 15.0 Å². The second-order valence-corrected chi connectivity index (χ2v) is 9.10. The normalized spacial score (nSPS) is 11.3. The Morgan fingerprint density at radius 3 is 2.42 bits per heavy atom. The van der Waals surface area contributed by atoms with Crippen molar-refractivity contribution < 1.29 is 4.74 Å². The number of imidazole rings is 1. The summed E-state index contributed by atoms with van der Waals surface area (Å²) < 4.78 is 7.95. The third-order valence-electron chi connectivity index (χ3n) is 5.71. The van der Waals surface area contributed by atoms with Crippen molar-refractivity contribution in [1.82, 2.24) is 14.5 Å². The van der Waals surface area contributed by atoms with Crippen molar-refractivity contribution in [1.29, 1.82) is 0 Å². The zero-order valence-corrected chi connectivity index (χ0v) is 19.4. The average molecular weight is 455 g/mol. The SMILES string of the molecule is Cn1c(CCCOCc2ccccc2)nc2c(N)nc(-c3ccc(-c4ccccc4)s3)cc21. The molecular formula is C27H26N4OS. The molecule has 0 saturated heterocycles. The van der Waals surface area contributed by atoms with Crippen molar-refractivity contribution >= 4 is 28.2 Å². The third kappa shape index (κ3) is 4.67. The molecule has 6 heteroatoms. The van der Waals surface area contributed by atoms with E-state index in [4.69, 9.17) is 15.5 Å². The first-order valence-electron chi connectivity index (χ1n) is 11.1. The van der Waals surface area contributed by atoms with E-state index in [1.54, 1.807) is 11.3 Å². The first-order valence-corrected chi connectivity index (χ1v) is 11.9. The van der Waals surface area contributed by atoms with E-state index in [-0.39, 0.29) is 0 Å². The van der Waals surface area contributed by atoms with Gasteiger partial charge in [0.25, 0.3) is 0 Å². The molecule has 0 unspecified atom stereocenters. The number of thiophene rings is 1. The van der Waals surface area contributed by atoms with Gasteiger partial charge in [-0.05, 0) is 35.7 Å². The molecule has 0 aliphatic rings. The number of nitrogens with two attached hydrogens (primary N) is 1. The topological polar surface area (TPSA) is 66.0 Å². The molecule has 166 valence electrons. The van der Waals surface area contributed by atoms with Crippen molar-refractivity contribution in [2.45, 2.75) is 19.4 Å². The molecule has 2 aromatic carbocycles. The molecule has 5 nitrogen and oxygen atoms in total. The van der Waals surface area contributed by atoms with Crippen LogP contribution < -0.4 is 5.73 Å². The van der Waals surface area contributed by atoms with Crippen LogP contribution in [0, 0.1) is 0 Å². The average Bonchev–Trinajstić information content (AvgIpc) is 3.46. The fourth-order valence-corrected chi connectivity index (χ4v) is 4.91. The number of anilines is 1. The Balaban J connectivity index is 1.30. The summed E-state index contributed by atoms with van der Waals surface area (Å²) in [6.07, 6.45) is 1.72. The minimum Gasteiger partial charge on any atom is -0.382 e. The minimum atomic E-state index is 0.472. The molecule has 3 heterocycles. The molecule has 0 aliphatic carbocycles. The minimum absolute atomic E-state index is 0.472. The number of aromatic nitrogens is 3. The number of hydrogen-bond donors (Lipinski definition) is 1. The first kappa shape index (κ1) is 21.4. The number of rotatable bonds is 8. The van der Waals surface area contributed by atoms with E-state index < -0.39 is 0 Å². The van der Waals surface area contributed by atoms with Gasteiger partial charge in [-0.1, -0.05) is 60.7 Å². The van der Waals surface area contributed by atoms with Gasteiger partial charge in [0, 0.05) is 25.0 Å². The van der Waals surface area contributed by atoms with Crippen molar-refractivity contribution in [3.8, 4) is 21.0 Å². The quantitative estimate of drug-likeness (QED) is 0.288. The Labute approximate surface area is 197 Å². The smallest absolute Gasteiger partial charge is 0.152 e. The van der Waals surface area contributed by atoms with Crippen molar-refractivity contribution in [3.63, 3.8) is 0 Å². The molecule has 0 fully saturated rings. The molecule has 0 aliphatic heterocycles. The maximum atomic E-state index is 6.33. The van der Waals surface area contributed by atoms with Crippen LogP contribution in [-0.4, -0.2) is 21.1 Å². The van der Waals surface area contributed by atoms with Gasteiger partial charge in [-0.3, -0.25) is 0 Å². The molecule has 0 saturated carbocycles. The van der Waals surface area contributed by atoms with Gasteiger partial charge in [0.2, 0.25) is 0 Å². The lowest BCUT2D eigenvalue weighted by Crippen LogP contribution is -2.02. The van der Waals surface area contributed by atoms with Crippen LogP contribution in [0.1, 0.15) is 17.8 Å². The highest BCUT2D eigenvalue weighted by molar-refractivity contribution is 7.18. The summed E-state index contributed by atoms with van der Waals surface area (Å²) >= 11 is 1.72. The molecule has 2 N–H and O–H groups in total. The van der Waals surface area contributed by atoms with Crippen LogP contribution in [0.3, 0.4) is 0 Å². The number of nitrogen functional groups attached to an aromatic ring is 1. The highest BCUT2D eigenvalue weighted by Gasteiger charge is 2.15. The predicted molar refractivity (Wildman–Crippen MR) is 136 cm³/mol. The monoisotopic (exact) mass is 454 g/mol. The molecule has 0 amide bonds. The largest absolute Gasteiger partial charge is 0.382 e. The fourth-order valence-electron chi connectivity index (χ4n) is 3.94. The summed E-state index contributed by atoms with van der Waals surface area (Å²) in [5.74, 6) is 1.47. The van der Waals surface area contributed by atoms with E-state index in [9.17, 15) is 0 Å². The second kappa shape index (κ2) is 9.57. The standard InChI is InChI=1S/C27H26N4OS/c1-31-22-17-21(24-15-14-23(33-24)20-11-6-3-7-12-20)29-27(28)26(22)30-25(31)13-8-16-32-18-19-9-4-2-5-10-19/h2-7,9-12,14-15,17H,8,13,16,18H2,1H3,(H2,28,29). The number of ether oxygens (including phenoxy) is 1. The van der Waals surface area contributed by atoms with Crippen molar-refractivity contribution in [2.75, 3.05) is 12.3 Å². The van der Waals surface area contributed by atoms with E-state index in [0.717, 1.165) is 40.3 Å². The van der Waals surface area contributed by atoms with Gasteiger partial charge in [0.05, 0.1) is 22.7 Å². The van der Waals surface area contributed by atoms with Crippen LogP contribution in [0.15, 0.2) is 78.9 Å². The van der Waals surface area contributed by atoms with E-state index in [1.807, 2.05) is 31.3 Å². The first-order chi connectivity index (χ1) is 16.2. The van der Waals surface area contributed by atoms with Crippen molar-refractivity contribution in [3.05, 3.63) is 90.3 Å². The van der Waals surface area contributed by atoms with E-state index >= 15 is 0 Å². The third-order valence-corrected chi connectivity index (χ3v) is 6.86. The van der Waals surface area contributed by atoms with Crippen LogP contribution >= 0.6 is 11.3 Å². The fraction of sp³-hybridized carbons (Fsp3) is 0.185. The lowest BCUT2D eigenvalue weighted by Gasteiger charge is -2.05. The highest BCUT2D eigenvalue weighted by atomic mass is 32.1. The van der Waals surface area contributed by atoms with E-state index in [1.165, 1.54) is 16.0 Å². The zero-order valence-electron chi connectivity index (χ0n) is 18.6. The van der Waals surface area contributed by atoms with Gasteiger partial charge >= 0.3 is 0 Å². The summed E-state index contributed by atoms with van der Waals surface area (Å²) in [5.41, 5.74) is 11.4. The Bertz CT molecular complexity index is 1360. The van der Waals surface area contributed by atoms with Crippen LogP contribution in [-0.2, 0) is 24.8 Å². The summed E-state index contributed by atoms with van der Waals surface area (Å²) in [6, 6.07) is 27.0. The van der Waals surface area contributed by atoms with Gasteiger partial charge in [-0.15, -0.1) is 11.3 Å². The summed E-state index contributed by atoms with van der Waals surface area (Å²) in [5, 5.41) is 0. The summed E-state index contributed by atoms with van der Waals surface area (Å²) in [6.45, 7) is 1.32. The van der Waals surface area contributed by atoms with Gasteiger partial charge in [0.15, 0.2) is 5.82 Å². The molecule has 0 atom stereocenters. The number of fused-ring (bicyclic) bond motifs is 1. The van der Waals surface area contributed by atoms with Crippen LogP contribution in [0.4, 0.5) is 5.82 Å². The number of hydrogen-bond acceptors (Lipinski definition) is 5. The molecule has 0 spiro atoms. The Morgan fingerprint density at radius 1 is 0.909 bits per heavy atom. The summed E-state index contributed by atoms with van der Waals surface area (Å²) in [7, 11) is 2.04. The molecule has 0 bridgehead atoms. The van der Waals surface area contributed by atoms with Crippen LogP contribution in [0.2, 0.25) is 0 Å². The number of benzene rings is 2. The molecule has 0 radical (unpaired) electrons. The molecule has 33 heavy (non-hydrogen) atoms. The van der Waals surface area contributed by atoms with Crippen molar-refractivity contribution in [2.24, 2.45) is 7.05 Å². The maximum absolute atomic E-state index is 6.33. The zero-order chi connectivity index (χ0) is 22.6. The summed E-state index contributed by atoms with van der Waals surface area (Å²) in [4.78, 5) is 11.8. The molecular weight excluding hydrogens is 428 g/mol. The lowest BCUT2D eigenvalue weighted by atomic mass is 10.2. The van der Waals surface area contributed by atoms with Crippen LogP contribution in [0.25, 0.3) is 32.0 Å². The molecule has 3 aromatic heterocycles. The Morgan fingerprint density at radius 2 is 1.64 bits per heavy atom. The number of pyridine rings is 1. The van der Waals surface area contributed by atoms with E-state index in [2.05, 4.69) is 64.1 Å². The second-order valence-electron chi connectivity index (χ2n) is 8.02. The van der Waals surface area contributed by atoms with Gasteiger partial charge in [-0.25, -0.2) is 9.97 Å². The van der Waals surface area contributed by atoms with Crippen LogP contribution in [0.5, 0.6) is 0 Å². The molecule has 5 aromatic rings. The number of aryl methyl sites for hydroxylation is 2. The van der Waals surface area contributed by atoms with Gasteiger partial charge in [0.1, 0.15) is 11.3 Å². The predicted octanol–water partition coefficient (Wildman–Crippen LogP) is 6.10. The molecule has 5 rings (SSSR count). The highest BCUT2D eigenvalue weighted by Crippen LogP contribution is 2.35. The maximum Gasteiger partial charge on any atom is 0.152 e. The number of nitrogens with zero attached hydrogens (tertiary/aromatic N) is 3. The lowest BCUT2D eigenvalue weighted by molar-refractivity contribution is 0.118. The Hall–Kier alpha value is -3.48. The van der Waals surface area contributed by atoms with Gasteiger partial charge in [-0.2, -0.15) is 0 Å².